The lowest BCUT2D eigenvalue weighted by molar-refractivity contribution is -0.133. The van der Waals surface area contributed by atoms with E-state index >= 15 is 0 Å². The predicted molar refractivity (Wildman–Crippen MR) is 83.5 cm³/mol. The van der Waals surface area contributed by atoms with Crippen molar-refractivity contribution in [3.8, 4) is 0 Å². The van der Waals surface area contributed by atoms with Crippen molar-refractivity contribution in [2.45, 2.75) is 69.7 Å². The molecule has 0 unspecified atom stereocenters. The predicted octanol–water partition coefficient (Wildman–Crippen LogP) is 3.41. The molecular weight excluding hydrogens is 244 g/mol. The molecule has 0 atom stereocenters. The summed E-state index contributed by atoms with van der Waals surface area (Å²) in [6.07, 6.45) is 14.7. The molecule has 0 aromatic heterocycles. The van der Waals surface area contributed by atoms with Gasteiger partial charge >= 0.3 is 0 Å². The Kier molecular flexibility index (Phi) is 3.58. The number of likely N-dealkylation sites (tertiary alicyclic amines) is 1. The maximum Gasteiger partial charge on any atom is 0.0388 e. The average Bonchev–Trinajstić information content (AvgIpc) is 2.40. The van der Waals surface area contributed by atoms with Gasteiger partial charge in [-0.2, -0.15) is 0 Å². The van der Waals surface area contributed by atoms with E-state index in [4.69, 9.17) is 5.73 Å². The summed E-state index contributed by atoms with van der Waals surface area (Å²) < 4.78 is 0. The maximum atomic E-state index is 6.47. The minimum absolute atomic E-state index is 0.407. The summed E-state index contributed by atoms with van der Waals surface area (Å²) in [4.78, 5) is 2.90. The summed E-state index contributed by atoms with van der Waals surface area (Å²) in [6, 6.07) is 0. The van der Waals surface area contributed by atoms with Crippen molar-refractivity contribution in [3.63, 3.8) is 0 Å². The van der Waals surface area contributed by atoms with Gasteiger partial charge in [-0.3, -0.25) is 4.90 Å². The van der Waals surface area contributed by atoms with Gasteiger partial charge in [0.05, 0.1) is 0 Å². The van der Waals surface area contributed by atoms with E-state index in [9.17, 15) is 0 Å². The fourth-order valence-corrected chi connectivity index (χ4v) is 6.64. The highest BCUT2D eigenvalue weighted by Gasteiger charge is 2.58. The quantitative estimate of drug-likeness (QED) is 0.837. The Hall–Kier alpha value is -0.0800. The SMILES string of the molecule is NCC1(N2CCCCCCC2)C2CC3CC(C2)CC1C3. The lowest BCUT2D eigenvalue weighted by Crippen LogP contribution is -2.69. The van der Waals surface area contributed by atoms with Crippen LogP contribution >= 0.6 is 0 Å². The van der Waals surface area contributed by atoms with Crippen LogP contribution in [-0.4, -0.2) is 30.1 Å². The van der Waals surface area contributed by atoms with Gasteiger partial charge in [-0.25, -0.2) is 0 Å². The summed E-state index contributed by atoms with van der Waals surface area (Å²) in [5.41, 5.74) is 6.88. The van der Waals surface area contributed by atoms with E-state index in [2.05, 4.69) is 4.90 Å². The zero-order valence-electron chi connectivity index (χ0n) is 13.0. The first-order valence-electron chi connectivity index (χ1n) is 9.28. The van der Waals surface area contributed by atoms with Crippen LogP contribution < -0.4 is 5.73 Å². The lowest BCUT2D eigenvalue weighted by atomic mass is 9.48. The smallest absolute Gasteiger partial charge is 0.0388 e. The van der Waals surface area contributed by atoms with Gasteiger partial charge in [-0.05, 0) is 81.7 Å². The molecule has 2 heteroatoms. The zero-order chi connectivity index (χ0) is 13.6. The van der Waals surface area contributed by atoms with E-state index in [0.29, 0.717) is 5.54 Å². The van der Waals surface area contributed by atoms with Gasteiger partial charge in [-0.15, -0.1) is 0 Å². The summed E-state index contributed by atoms with van der Waals surface area (Å²) in [7, 11) is 0. The van der Waals surface area contributed by atoms with Crippen molar-refractivity contribution in [1.82, 2.24) is 4.90 Å². The molecule has 1 saturated heterocycles. The highest BCUT2D eigenvalue weighted by atomic mass is 15.2. The van der Waals surface area contributed by atoms with E-state index in [1.807, 2.05) is 0 Å². The molecule has 2 nitrogen and oxygen atoms in total. The third-order valence-corrected chi connectivity index (χ3v) is 7.32. The lowest BCUT2D eigenvalue weighted by Gasteiger charge is -2.65. The number of nitrogens with zero attached hydrogens (tertiary/aromatic N) is 1. The molecule has 0 radical (unpaired) electrons. The van der Waals surface area contributed by atoms with Gasteiger partial charge in [0.1, 0.15) is 0 Å². The summed E-state index contributed by atoms with van der Waals surface area (Å²) in [5.74, 6) is 3.99. The minimum atomic E-state index is 0.407. The molecule has 5 rings (SSSR count). The molecule has 0 spiro atoms. The Bertz CT molecular complexity index is 315. The van der Waals surface area contributed by atoms with Gasteiger partial charge in [0, 0.05) is 12.1 Å². The maximum absolute atomic E-state index is 6.47. The molecule has 1 heterocycles. The Balaban J connectivity index is 1.61. The summed E-state index contributed by atoms with van der Waals surface area (Å²) in [5, 5.41) is 0. The van der Waals surface area contributed by atoms with Crippen LogP contribution in [0.5, 0.6) is 0 Å². The average molecular weight is 276 g/mol. The normalized spacial score (nSPS) is 49.0. The Morgan fingerprint density at radius 1 is 0.750 bits per heavy atom. The first-order valence-corrected chi connectivity index (χ1v) is 9.28. The highest BCUT2D eigenvalue weighted by Crippen LogP contribution is 2.60. The fraction of sp³-hybridized carbons (Fsp3) is 1.00. The Morgan fingerprint density at radius 2 is 1.25 bits per heavy atom. The first-order chi connectivity index (χ1) is 9.83. The van der Waals surface area contributed by atoms with Crippen LogP contribution in [0.3, 0.4) is 0 Å². The fourth-order valence-electron chi connectivity index (χ4n) is 6.64. The molecule has 20 heavy (non-hydrogen) atoms. The first kappa shape index (κ1) is 13.6. The van der Waals surface area contributed by atoms with E-state index in [1.165, 1.54) is 70.9 Å². The van der Waals surface area contributed by atoms with E-state index in [-0.39, 0.29) is 0 Å². The third kappa shape index (κ3) is 1.98. The van der Waals surface area contributed by atoms with Gasteiger partial charge in [-0.1, -0.05) is 19.3 Å². The molecular formula is C18H32N2. The van der Waals surface area contributed by atoms with Crippen molar-refractivity contribution < 1.29 is 0 Å². The summed E-state index contributed by atoms with van der Waals surface area (Å²) in [6.45, 7) is 3.60. The van der Waals surface area contributed by atoms with Gasteiger partial charge in [0.25, 0.3) is 0 Å². The van der Waals surface area contributed by atoms with Crippen LogP contribution in [0.2, 0.25) is 0 Å². The van der Waals surface area contributed by atoms with Crippen molar-refractivity contribution in [3.05, 3.63) is 0 Å². The standard InChI is InChI=1S/C18H32N2/c19-13-18(20-6-4-2-1-3-5-7-20)16-9-14-8-15(11-16)12-17(18)10-14/h14-17H,1-13,19H2. The topological polar surface area (TPSA) is 29.3 Å². The molecule has 4 aliphatic carbocycles. The van der Waals surface area contributed by atoms with Crippen LogP contribution in [0.4, 0.5) is 0 Å². The number of hydrogen-bond donors (Lipinski definition) is 1. The second kappa shape index (κ2) is 5.28. The van der Waals surface area contributed by atoms with Gasteiger partial charge < -0.3 is 5.73 Å². The molecule has 114 valence electrons. The monoisotopic (exact) mass is 276 g/mol. The van der Waals surface area contributed by atoms with Crippen LogP contribution in [0.15, 0.2) is 0 Å². The van der Waals surface area contributed by atoms with Crippen LogP contribution in [0.1, 0.15) is 64.2 Å². The van der Waals surface area contributed by atoms with Crippen molar-refractivity contribution in [1.29, 1.82) is 0 Å². The number of rotatable bonds is 2. The van der Waals surface area contributed by atoms with Crippen molar-refractivity contribution in [2.75, 3.05) is 19.6 Å². The second-order valence-corrected chi connectivity index (χ2v) is 8.25. The van der Waals surface area contributed by atoms with Gasteiger partial charge in [0.2, 0.25) is 0 Å². The van der Waals surface area contributed by atoms with Crippen LogP contribution in [0, 0.1) is 23.7 Å². The number of nitrogens with two attached hydrogens (primary N) is 1. The van der Waals surface area contributed by atoms with E-state index in [1.54, 1.807) is 6.42 Å². The molecule has 4 bridgehead atoms. The molecule has 1 aliphatic heterocycles. The van der Waals surface area contributed by atoms with E-state index in [0.717, 1.165) is 30.2 Å². The minimum Gasteiger partial charge on any atom is -0.329 e. The highest BCUT2D eigenvalue weighted by molar-refractivity contribution is 5.12. The molecule has 0 aromatic rings. The van der Waals surface area contributed by atoms with Crippen molar-refractivity contribution >= 4 is 0 Å². The molecule has 0 aromatic carbocycles. The molecule has 4 saturated carbocycles. The largest absolute Gasteiger partial charge is 0.329 e. The molecule has 5 fully saturated rings. The van der Waals surface area contributed by atoms with Crippen LogP contribution in [-0.2, 0) is 0 Å². The molecule has 0 amide bonds. The molecule has 2 N–H and O–H groups in total. The Labute approximate surface area is 124 Å². The van der Waals surface area contributed by atoms with Crippen LogP contribution in [0.25, 0.3) is 0 Å². The van der Waals surface area contributed by atoms with Crippen molar-refractivity contribution in [2.24, 2.45) is 29.4 Å². The Morgan fingerprint density at radius 3 is 1.75 bits per heavy atom. The number of hydrogen-bond acceptors (Lipinski definition) is 2. The van der Waals surface area contributed by atoms with Gasteiger partial charge in [0.15, 0.2) is 0 Å². The third-order valence-electron chi connectivity index (χ3n) is 7.32. The van der Waals surface area contributed by atoms with E-state index < -0.39 is 0 Å². The summed E-state index contributed by atoms with van der Waals surface area (Å²) >= 11 is 0. The zero-order valence-corrected chi connectivity index (χ0v) is 13.0. The molecule has 5 aliphatic rings. The second-order valence-electron chi connectivity index (χ2n) is 8.25.